The van der Waals surface area contributed by atoms with Gasteiger partial charge in [-0.1, -0.05) is 37.3 Å². The van der Waals surface area contributed by atoms with E-state index >= 15 is 0 Å². The molecule has 0 radical (unpaired) electrons. The maximum absolute atomic E-state index is 12.0. The third-order valence-corrected chi connectivity index (χ3v) is 2.35. The van der Waals surface area contributed by atoms with E-state index in [2.05, 4.69) is 0 Å². The number of benzene rings is 1. The Morgan fingerprint density at radius 1 is 1.19 bits per heavy atom. The Bertz CT molecular complexity index is 357. The molecule has 1 aromatic rings. The van der Waals surface area contributed by atoms with Gasteiger partial charge in [-0.2, -0.15) is 0 Å². The van der Waals surface area contributed by atoms with Crippen LogP contribution in [0.2, 0.25) is 0 Å². The van der Waals surface area contributed by atoms with Crippen LogP contribution in [0.5, 0.6) is 0 Å². The van der Waals surface area contributed by atoms with Gasteiger partial charge in [-0.15, -0.1) is 0 Å². The number of rotatable bonds is 5. The van der Waals surface area contributed by atoms with Crippen LogP contribution < -0.4 is 0 Å². The minimum atomic E-state index is -0.678. The van der Waals surface area contributed by atoms with Gasteiger partial charge >= 0.3 is 5.97 Å². The summed E-state index contributed by atoms with van der Waals surface area (Å²) in [6, 6.07) is 8.83. The SMILES string of the molecule is CCOC(=O)[C@H](CC)C(=O)c1ccccc1. The molecule has 0 aromatic heterocycles. The molecular formula is C13H16O3. The van der Waals surface area contributed by atoms with Crippen molar-refractivity contribution in [1.82, 2.24) is 0 Å². The first-order valence-corrected chi connectivity index (χ1v) is 5.46. The topological polar surface area (TPSA) is 43.4 Å². The van der Waals surface area contributed by atoms with Gasteiger partial charge in [0.2, 0.25) is 0 Å². The molecule has 0 N–H and O–H groups in total. The molecule has 0 aliphatic rings. The Kier molecular flexibility index (Phi) is 4.70. The number of ether oxygens (including phenoxy) is 1. The van der Waals surface area contributed by atoms with E-state index in [4.69, 9.17) is 4.74 Å². The average molecular weight is 220 g/mol. The van der Waals surface area contributed by atoms with Crippen LogP contribution in [-0.2, 0) is 9.53 Å². The lowest BCUT2D eigenvalue weighted by molar-refractivity contribution is -0.146. The lowest BCUT2D eigenvalue weighted by atomic mass is 9.95. The minimum absolute atomic E-state index is 0.165. The molecule has 0 spiro atoms. The van der Waals surface area contributed by atoms with Crippen molar-refractivity contribution < 1.29 is 14.3 Å². The Hall–Kier alpha value is -1.64. The number of carbonyl (C=O) groups is 2. The van der Waals surface area contributed by atoms with Crippen LogP contribution in [0.25, 0.3) is 0 Å². The zero-order valence-corrected chi connectivity index (χ0v) is 9.60. The lowest BCUT2D eigenvalue weighted by Gasteiger charge is -2.12. The molecule has 0 fully saturated rings. The third-order valence-electron chi connectivity index (χ3n) is 2.35. The van der Waals surface area contributed by atoms with Crippen LogP contribution in [0, 0.1) is 5.92 Å². The second-order valence-electron chi connectivity index (χ2n) is 3.44. The van der Waals surface area contributed by atoms with Gasteiger partial charge in [0, 0.05) is 5.56 Å². The van der Waals surface area contributed by atoms with E-state index in [1.165, 1.54) is 0 Å². The normalized spacial score (nSPS) is 11.9. The first-order valence-electron chi connectivity index (χ1n) is 5.46. The summed E-state index contributed by atoms with van der Waals surface area (Å²) in [6.45, 7) is 3.84. The van der Waals surface area contributed by atoms with Gasteiger partial charge in [-0.25, -0.2) is 0 Å². The Balaban J connectivity index is 2.82. The third kappa shape index (κ3) is 2.92. The van der Waals surface area contributed by atoms with Crippen molar-refractivity contribution in [2.75, 3.05) is 6.61 Å². The van der Waals surface area contributed by atoms with Crippen molar-refractivity contribution in [3.05, 3.63) is 35.9 Å². The quantitative estimate of drug-likeness (QED) is 0.435. The summed E-state index contributed by atoms with van der Waals surface area (Å²) < 4.78 is 4.88. The average Bonchev–Trinajstić information content (AvgIpc) is 2.31. The molecule has 0 unspecified atom stereocenters. The van der Waals surface area contributed by atoms with Gasteiger partial charge in [0.1, 0.15) is 5.92 Å². The highest BCUT2D eigenvalue weighted by molar-refractivity contribution is 6.08. The van der Waals surface area contributed by atoms with Gasteiger partial charge in [-0.3, -0.25) is 9.59 Å². The molecule has 3 heteroatoms. The zero-order valence-electron chi connectivity index (χ0n) is 9.60. The molecule has 1 atom stereocenters. The van der Waals surface area contributed by atoms with Crippen LogP contribution in [-0.4, -0.2) is 18.4 Å². The van der Waals surface area contributed by atoms with E-state index in [1.807, 2.05) is 13.0 Å². The Morgan fingerprint density at radius 2 is 1.81 bits per heavy atom. The molecular weight excluding hydrogens is 204 g/mol. The fourth-order valence-corrected chi connectivity index (χ4v) is 1.51. The summed E-state index contributed by atoms with van der Waals surface area (Å²) in [6.07, 6.45) is 0.465. The first kappa shape index (κ1) is 12.4. The smallest absolute Gasteiger partial charge is 0.316 e. The van der Waals surface area contributed by atoms with Crippen molar-refractivity contribution in [3.8, 4) is 0 Å². The molecule has 1 aromatic carbocycles. The van der Waals surface area contributed by atoms with Crippen molar-refractivity contribution in [3.63, 3.8) is 0 Å². The Labute approximate surface area is 95.4 Å². The highest BCUT2D eigenvalue weighted by Crippen LogP contribution is 2.14. The first-order chi connectivity index (χ1) is 7.70. The van der Waals surface area contributed by atoms with Crippen molar-refractivity contribution >= 4 is 11.8 Å². The number of carbonyl (C=O) groups excluding carboxylic acids is 2. The predicted molar refractivity (Wildman–Crippen MR) is 61.2 cm³/mol. The van der Waals surface area contributed by atoms with Crippen LogP contribution in [0.1, 0.15) is 30.6 Å². The summed E-state index contributed by atoms with van der Waals surface area (Å²) in [7, 11) is 0. The Morgan fingerprint density at radius 3 is 2.31 bits per heavy atom. The van der Waals surface area contributed by atoms with E-state index in [0.717, 1.165) is 0 Å². The van der Waals surface area contributed by atoms with Gasteiger partial charge in [0.15, 0.2) is 5.78 Å². The van der Waals surface area contributed by atoms with E-state index < -0.39 is 11.9 Å². The largest absolute Gasteiger partial charge is 0.465 e. The zero-order chi connectivity index (χ0) is 12.0. The monoisotopic (exact) mass is 220 g/mol. The summed E-state index contributed by atoms with van der Waals surface area (Å²) in [5.74, 6) is -1.28. The van der Waals surface area contributed by atoms with Crippen molar-refractivity contribution in [1.29, 1.82) is 0 Å². The molecule has 0 heterocycles. The van der Waals surface area contributed by atoms with E-state index in [0.29, 0.717) is 18.6 Å². The van der Waals surface area contributed by atoms with Crippen LogP contribution in [0.3, 0.4) is 0 Å². The number of esters is 1. The van der Waals surface area contributed by atoms with Crippen LogP contribution >= 0.6 is 0 Å². The van der Waals surface area contributed by atoms with E-state index in [1.54, 1.807) is 31.2 Å². The summed E-state index contributed by atoms with van der Waals surface area (Å²) in [5.41, 5.74) is 0.558. The van der Waals surface area contributed by atoms with Crippen LogP contribution in [0.15, 0.2) is 30.3 Å². The standard InChI is InChI=1S/C13H16O3/c1-3-11(13(15)16-4-2)12(14)10-8-6-5-7-9-10/h5-9,11H,3-4H2,1-2H3/t11-/m1/s1. The number of ketones is 1. The van der Waals surface area contributed by atoms with Gasteiger partial charge in [0.25, 0.3) is 0 Å². The molecule has 16 heavy (non-hydrogen) atoms. The maximum Gasteiger partial charge on any atom is 0.316 e. The molecule has 0 saturated carbocycles. The fourth-order valence-electron chi connectivity index (χ4n) is 1.51. The molecule has 0 aliphatic heterocycles. The van der Waals surface area contributed by atoms with E-state index in [-0.39, 0.29) is 5.78 Å². The molecule has 86 valence electrons. The van der Waals surface area contributed by atoms with Gasteiger partial charge in [0.05, 0.1) is 6.61 Å². The molecule has 0 bridgehead atoms. The summed E-state index contributed by atoms with van der Waals surface area (Å²) in [5, 5.41) is 0. The highest BCUT2D eigenvalue weighted by Gasteiger charge is 2.26. The maximum atomic E-state index is 12.0. The fraction of sp³-hybridized carbons (Fsp3) is 0.385. The van der Waals surface area contributed by atoms with E-state index in [9.17, 15) is 9.59 Å². The number of hydrogen-bond acceptors (Lipinski definition) is 3. The molecule has 0 saturated heterocycles. The van der Waals surface area contributed by atoms with Gasteiger partial charge in [-0.05, 0) is 13.3 Å². The number of hydrogen-bond donors (Lipinski definition) is 0. The minimum Gasteiger partial charge on any atom is -0.465 e. The second kappa shape index (κ2) is 6.05. The van der Waals surface area contributed by atoms with Gasteiger partial charge < -0.3 is 4.74 Å². The molecule has 0 aliphatic carbocycles. The summed E-state index contributed by atoms with van der Waals surface area (Å²) >= 11 is 0. The molecule has 0 amide bonds. The van der Waals surface area contributed by atoms with Crippen molar-refractivity contribution in [2.45, 2.75) is 20.3 Å². The summed E-state index contributed by atoms with van der Waals surface area (Å²) in [4.78, 5) is 23.5. The van der Waals surface area contributed by atoms with Crippen molar-refractivity contribution in [2.24, 2.45) is 5.92 Å². The lowest BCUT2D eigenvalue weighted by Crippen LogP contribution is -2.25. The predicted octanol–water partition coefficient (Wildman–Crippen LogP) is 2.46. The molecule has 3 nitrogen and oxygen atoms in total. The second-order valence-corrected chi connectivity index (χ2v) is 3.44. The number of Topliss-reactive ketones (excluding diaryl/α,β-unsaturated/α-hetero) is 1. The molecule has 1 rings (SSSR count). The highest BCUT2D eigenvalue weighted by atomic mass is 16.5. The van der Waals surface area contributed by atoms with Crippen LogP contribution in [0.4, 0.5) is 0 Å².